The van der Waals surface area contributed by atoms with E-state index < -0.39 is 0 Å². The Hall–Kier alpha value is -1.88. The lowest BCUT2D eigenvalue weighted by atomic mass is 10.1. The van der Waals surface area contributed by atoms with Gasteiger partial charge in [0.1, 0.15) is 0 Å². The quantitative estimate of drug-likeness (QED) is 0.848. The first-order valence-corrected chi connectivity index (χ1v) is 6.11. The number of nitrogens with two attached hydrogens (primary N) is 1. The third kappa shape index (κ3) is 2.87. The lowest BCUT2D eigenvalue weighted by molar-refractivity contribution is 0.468. The lowest BCUT2D eigenvalue weighted by Crippen LogP contribution is -2.09. The molecule has 1 aromatic heterocycles. The highest BCUT2D eigenvalue weighted by molar-refractivity contribution is 5.29. The summed E-state index contributed by atoms with van der Waals surface area (Å²) in [6, 6.07) is 10.5. The lowest BCUT2D eigenvalue weighted by Gasteiger charge is -2.15. The number of anilines is 1. The van der Waals surface area contributed by atoms with Gasteiger partial charge in [0.15, 0.2) is 0 Å². The third-order valence-corrected chi connectivity index (χ3v) is 2.74. The van der Waals surface area contributed by atoms with Crippen LogP contribution >= 0.6 is 0 Å². The van der Waals surface area contributed by atoms with Crippen LogP contribution in [-0.2, 0) is 0 Å². The summed E-state index contributed by atoms with van der Waals surface area (Å²) in [4.78, 5) is 0. The molecule has 0 saturated carbocycles. The predicted octanol–water partition coefficient (Wildman–Crippen LogP) is 2.65. The molecule has 0 spiro atoms. The molecule has 3 N–H and O–H groups in total. The molecule has 96 valence electrons. The van der Waals surface area contributed by atoms with Crippen LogP contribution in [0, 0.1) is 0 Å². The Kier molecular flexibility index (Phi) is 3.94. The van der Waals surface area contributed by atoms with Crippen molar-refractivity contribution in [2.45, 2.75) is 32.4 Å². The first kappa shape index (κ1) is 12.6. The average molecular weight is 246 g/mol. The maximum absolute atomic E-state index is 5.68. The van der Waals surface area contributed by atoms with Gasteiger partial charge in [-0.1, -0.05) is 42.4 Å². The first-order chi connectivity index (χ1) is 8.70. The minimum Gasteiger partial charge on any atom is -0.406 e. The Morgan fingerprint density at radius 1 is 1.28 bits per heavy atom. The maximum atomic E-state index is 5.68. The number of benzene rings is 1. The molecule has 1 aromatic carbocycles. The molecule has 0 saturated heterocycles. The highest BCUT2D eigenvalue weighted by Gasteiger charge is 2.14. The summed E-state index contributed by atoms with van der Waals surface area (Å²) < 4.78 is 5.44. The largest absolute Gasteiger partial charge is 0.406 e. The molecule has 0 fully saturated rings. The van der Waals surface area contributed by atoms with Crippen LogP contribution in [-0.4, -0.2) is 10.2 Å². The zero-order chi connectivity index (χ0) is 13.0. The van der Waals surface area contributed by atoms with E-state index >= 15 is 0 Å². The van der Waals surface area contributed by atoms with Gasteiger partial charge in [-0.3, -0.25) is 0 Å². The second-order valence-corrected chi connectivity index (χ2v) is 4.25. The summed E-state index contributed by atoms with van der Waals surface area (Å²) in [5, 5.41) is 11.1. The second kappa shape index (κ2) is 5.64. The smallest absolute Gasteiger partial charge is 0.316 e. The second-order valence-electron chi connectivity index (χ2n) is 4.25. The summed E-state index contributed by atoms with van der Waals surface area (Å²) in [6.07, 6.45) is 0.930. The molecular formula is C13H18N4O. The maximum Gasteiger partial charge on any atom is 0.316 e. The first-order valence-electron chi connectivity index (χ1n) is 6.11. The van der Waals surface area contributed by atoms with E-state index in [1.54, 1.807) is 0 Å². The molecule has 18 heavy (non-hydrogen) atoms. The summed E-state index contributed by atoms with van der Waals surface area (Å²) in [5.74, 6) is 0.445. The molecule has 2 aromatic rings. The van der Waals surface area contributed by atoms with E-state index in [9.17, 15) is 0 Å². The van der Waals surface area contributed by atoms with Crippen molar-refractivity contribution >= 4 is 6.01 Å². The molecule has 0 bridgehead atoms. The van der Waals surface area contributed by atoms with Gasteiger partial charge in [0.25, 0.3) is 0 Å². The van der Waals surface area contributed by atoms with Crippen LogP contribution in [0.15, 0.2) is 34.7 Å². The van der Waals surface area contributed by atoms with Crippen LogP contribution in [0.5, 0.6) is 0 Å². The Morgan fingerprint density at radius 3 is 2.56 bits per heavy atom. The highest BCUT2D eigenvalue weighted by Crippen LogP contribution is 2.22. The highest BCUT2D eigenvalue weighted by atomic mass is 16.4. The molecule has 0 aliphatic rings. The van der Waals surface area contributed by atoms with Crippen LogP contribution < -0.4 is 11.1 Å². The van der Waals surface area contributed by atoms with E-state index in [4.69, 9.17) is 10.2 Å². The molecule has 2 rings (SSSR count). The topological polar surface area (TPSA) is 77.0 Å². The molecule has 0 aliphatic heterocycles. The van der Waals surface area contributed by atoms with Gasteiger partial charge in [-0.05, 0) is 18.9 Å². The standard InChI is InChI=1S/C13H18N4O/c1-3-11(10-7-5-4-6-8-10)15-13-17-16-12(18-13)9(2)14/h4-9,11H,3,14H2,1-2H3,(H,15,17). The van der Waals surface area contributed by atoms with E-state index in [-0.39, 0.29) is 12.1 Å². The van der Waals surface area contributed by atoms with Crippen LogP contribution in [0.4, 0.5) is 6.01 Å². The fourth-order valence-corrected chi connectivity index (χ4v) is 1.73. The van der Waals surface area contributed by atoms with Gasteiger partial charge in [-0.15, -0.1) is 5.10 Å². The fraction of sp³-hybridized carbons (Fsp3) is 0.385. The van der Waals surface area contributed by atoms with Gasteiger partial charge >= 0.3 is 6.01 Å². The van der Waals surface area contributed by atoms with Gasteiger partial charge in [-0.25, -0.2) is 0 Å². The fourth-order valence-electron chi connectivity index (χ4n) is 1.73. The number of aromatic nitrogens is 2. The summed E-state index contributed by atoms with van der Waals surface area (Å²) in [6.45, 7) is 3.92. The minimum atomic E-state index is -0.246. The molecule has 5 nitrogen and oxygen atoms in total. The van der Waals surface area contributed by atoms with E-state index in [2.05, 4.69) is 34.6 Å². The molecule has 0 aliphatic carbocycles. The normalized spacial score (nSPS) is 14.2. The van der Waals surface area contributed by atoms with Gasteiger partial charge in [-0.2, -0.15) is 0 Å². The van der Waals surface area contributed by atoms with Crippen LogP contribution in [0.25, 0.3) is 0 Å². The molecule has 1 heterocycles. The number of nitrogens with zero attached hydrogens (tertiary/aromatic N) is 2. The van der Waals surface area contributed by atoms with Gasteiger partial charge in [0.05, 0.1) is 12.1 Å². The molecular weight excluding hydrogens is 228 g/mol. The van der Waals surface area contributed by atoms with Gasteiger partial charge in [0.2, 0.25) is 5.89 Å². The number of rotatable bonds is 5. The monoisotopic (exact) mass is 246 g/mol. The van der Waals surface area contributed by atoms with Crippen LogP contribution in [0.3, 0.4) is 0 Å². The van der Waals surface area contributed by atoms with Crippen molar-refractivity contribution in [3.8, 4) is 0 Å². The van der Waals surface area contributed by atoms with Crippen LogP contribution in [0.1, 0.15) is 43.8 Å². The van der Waals surface area contributed by atoms with Gasteiger partial charge in [0, 0.05) is 0 Å². The molecule has 0 amide bonds. The van der Waals surface area contributed by atoms with E-state index in [1.165, 1.54) is 5.56 Å². The zero-order valence-electron chi connectivity index (χ0n) is 10.6. The van der Waals surface area contributed by atoms with Crippen LogP contribution in [0.2, 0.25) is 0 Å². The van der Waals surface area contributed by atoms with E-state index in [1.807, 2.05) is 25.1 Å². The Labute approximate surface area is 106 Å². The minimum absolute atomic E-state index is 0.160. The summed E-state index contributed by atoms with van der Waals surface area (Å²) in [5.41, 5.74) is 6.87. The zero-order valence-corrected chi connectivity index (χ0v) is 10.6. The summed E-state index contributed by atoms with van der Waals surface area (Å²) >= 11 is 0. The Morgan fingerprint density at radius 2 is 2.00 bits per heavy atom. The van der Waals surface area contributed by atoms with Crippen molar-refractivity contribution in [1.29, 1.82) is 0 Å². The van der Waals surface area contributed by atoms with E-state index in [0.717, 1.165) is 6.42 Å². The molecule has 2 atom stereocenters. The Bertz CT molecular complexity index is 481. The number of nitrogens with one attached hydrogen (secondary N) is 1. The Balaban J connectivity index is 2.10. The average Bonchev–Trinajstić information content (AvgIpc) is 2.86. The molecule has 2 unspecified atom stereocenters. The van der Waals surface area contributed by atoms with Crippen molar-refractivity contribution in [2.24, 2.45) is 5.73 Å². The van der Waals surface area contributed by atoms with Crippen molar-refractivity contribution < 1.29 is 4.42 Å². The third-order valence-electron chi connectivity index (χ3n) is 2.74. The SMILES string of the molecule is CCC(Nc1nnc(C(C)N)o1)c1ccccc1. The number of hydrogen-bond acceptors (Lipinski definition) is 5. The van der Waals surface area contributed by atoms with E-state index in [0.29, 0.717) is 11.9 Å². The summed E-state index contributed by atoms with van der Waals surface area (Å²) in [7, 11) is 0. The van der Waals surface area contributed by atoms with Crippen molar-refractivity contribution in [3.63, 3.8) is 0 Å². The molecule has 5 heteroatoms. The predicted molar refractivity (Wildman–Crippen MR) is 70.0 cm³/mol. The molecule has 0 radical (unpaired) electrons. The van der Waals surface area contributed by atoms with Crippen molar-refractivity contribution in [2.75, 3.05) is 5.32 Å². The van der Waals surface area contributed by atoms with Gasteiger partial charge < -0.3 is 15.5 Å². The van der Waals surface area contributed by atoms with Crippen molar-refractivity contribution in [3.05, 3.63) is 41.8 Å². The number of hydrogen-bond donors (Lipinski definition) is 2. The van der Waals surface area contributed by atoms with Crippen molar-refractivity contribution in [1.82, 2.24) is 10.2 Å².